The second-order valence-corrected chi connectivity index (χ2v) is 7.37. The highest BCUT2D eigenvalue weighted by molar-refractivity contribution is 9.10. The van der Waals surface area contributed by atoms with Crippen LogP contribution in [0.4, 0.5) is 0 Å². The number of hydrogen-bond acceptors (Lipinski definition) is 4. The highest BCUT2D eigenvalue weighted by Crippen LogP contribution is 2.32. The van der Waals surface area contributed by atoms with Gasteiger partial charge in [0.2, 0.25) is 0 Å². The maximum Gasteiger partial charge on any atom is 0.0592 e. The summed E-state index contributed by atoms with van der Waals surface area (Å²) < 4.78 is 1.17. The van der Waals surface area contributed by atoms with E-state index in [1.165, 1.54) is 15.8 Å². The first-order chi connectivity index (χ1) is 9.02. The molecule has 0 bridgehead atoms. The Morgan fingerprint density at radius 3 is 2.79 bits per heavy atom. The van der Waals surface area contributed by atoms with Crippen LogP contribution in [0.25, 0.3) is 0 Å². The first-order valence-corrected chi connectivity index (χ1v) is 8.64. The molecule has 3 atom stereocenters. The zero-order valence-corrected chi connectivity index (χ0v) is 14.4. The molecule has 1 fully saturated rings. The molecule has 2 heterocycles. The third kappa shape index (κ3) is 3.58. The molecule has 0 spiro atoms. The smallest absolute Gasteiger partial charge is 0.0592 e. The Kier molecular flexibility index (Phi) is 5.43. The second kappa shape index (κ2) is 6.68. The number of rotatable bonds is 4. The van der Waals surface area contributed by atoms with Crippen molar-refractivity contribution < 1.29 is 0 Å². The van der Waals surface area contributed by atoms with Crippen molar-refractivity contribution in [2.24, 2.45) is 5.73 Å². The van der Waals surface area contributed by atoms with Gasteiger partial charge >= 0.3 is 0 Å². The van der Waals surface area contributed by atoms with Crippen LogP contribution in [0.2, 0.25) is 0 Å². The lowest BCUT2D eigenvalue weighted by molar-refractivity contribution is 0.0561. The maximum absolute atomic E-state index is 6.27. The first kappa shape index (κ1) is 15.4. The fourth-order valence-corrected chi connectivity index (χ4v) is 4.61. The second-order valence-electron chi connectivity index (χ2n) is 5.51. The molecule has 1 aromatic rings. The van der Waals surface area contributed by atoms with Crippen LogP contribution in [0, 0.1) is 0 Å². The lowest BCUT2D eigenvalue weighted by Gasteiger charge is -2.43. The number of piperazine rings is 1. The number of hydrogen-bond donors (Lipinski definition) is 1. The van der Waals surface area contributed by atoms with Gasteiger partial charge in [-0.05, 0) is 42.4 Å². The van der Waals surface area contributed by atoms with E-state index in [1.807, 2.05) is 11.3 Å². The van der Waals surface area contributed by atoms with Gasteiger partial charge in [0.25, 0.3) is 0 Å². The van der Waals surface area contributed by atoms with E-state index in [2.05, 4.69) is 58.1 Å². The summed E-state index contributed by atoms with van der Waals surface area (Å²) in [6.07, 6.45) is 1.20. The largest absolute Gasteiger partial charge is 0.326 e. The van der Waals surface area contributed by atoms with E-state index in [0.717, 1.165) is 19.6 Å². The van der Waals surface area contributed by atoms with Crippen molar-refractivity contribution in [3.63, 3.8) is 0 Å². The lowest BCUT2D eigenvalue weighted by atomic mass is 10.0. The zero-order valence-electron chi connectivity index (χ0n) is 12.0. The lowest BCUT2D eigenvalue weighted by Crippen LogP contribution is -2.54. The molecule has 1 saturated heterocycles. The molecule has 108 valence electrons. The van der Waals surface area contributed by atoms with Gasteiger partial charge < -0.3 is 10.6 Å². The summed E-state index contributed by atoms with van der Waals surface area (Å²) in [4.78, 5) is 6.41. The monoisotopic (exact) mass is 345 g/mol. The summed E-state index contributed by atoms with van der Waals surface area (Å²) in [6, 6.07) is 3.38. The van der Waals surface area contributed by atoms with Gasteiger partial charge in [-0.2, -0.15) is 0 Å². The minimum atomic E-state index is 0.159. The molecule has 2 rings (SSSR count). The summed E-state index contributed by atoms with van der Waals surface area (Å²) in [5.41, 5.74) is 6.27. The zero-order chi connectivity index (χ0) is 14.0. The van der Waals surface area contributed by atoms with Crippen molar-refractivity contribution in [3.05, 3.63) is 20.8 Å². The fourth-order valence-electron chi connectivity index (χ4n) is 2.92. The van der Waals surface area contributed by atoms with Crippen molar-refractivity contribution in [1.82, 2.24) is 9.80 Å². The van der Waals surface area contributed by atoms with Gasteiger partial charge in [-0.3, -0.25) is 4.90 Å². The SMILES string of the molecule is CCC1CN(C(c2cc(Br)cs2)C(C)N)CCN1C. The average Bonchev–Trinajstić information content (AvgIpc) is 2.77. The van der Waals surface area contributed by atoms with Crippen molar-refractivity contribution in [1.29, 1.82) is 0 Å². The Bertz CT molecular complexity index is 407. The molecule has 3 unspecified atom stereocenters. The van der Waals surface area contributed by atoms with E-state index in [9.17, 15) is 0 Å². The van der Waals surface area contributed by atoms with Gasteiger partial charge in [-0.1, -0.05) is 6.92 Å². The minimum Gasteiger partial charge on any atom is -0.326 e. The minimum absolute atomic E-state index is 0.159. The molecule has 3 nitrogen and oxygen atoms in total. The number of halogens is 1. The van der Waals surface area contributed by atoms with E-state index >= 15 is 0 Å². The fraction of sp³-hybridized carbons (Fsp3) is 0.714. The molecular weight excluding hydrogens is 322 g/mol. The molecular formula is C14H24BrN3S. The van der Waals surface area contributed by atoms with Crippen LogP contribution in [-0.2, 0) is 0 Å². The standard InChI is InChI=1S/C14H24BrN3S/c1-4-12-8-18(6-5-17(12)3)14(10(2)16)13-7-11(15)9-19-13/h7,9-10,12,14H,4-6,8,16H2,1-3H3. The molecule has 19 heavy (non-hydrogen) atoms. The third-order valence-electron chi connectivity index (χ3n) is 4.05. The number of likely N-dealkylation sites (N-methyl/N-ethyl adjacent to an activating group) is 1. The van der Waals surface area contributed by atoms with Gasteiger partial charge in [0.15, 0.2) is 0 Å². The van der Waals surface area contributed by atoms with Crippen molar-refractivity contribution in [2.45, 2.75) is 38.4 Å². The number of thiophene rings is 1. The summed E-state index contributed by atoms with van der Waals surface area (Å²) in [7, 11) is 2.23. The molecule has 0 aromatic carbocycles. The first-order valence-electron chi connectivity index (χ1n) is 6.96. The van der Waals surface area contributed by atoms with E-state index < -0.39 is 0 Å². The van der Waals surface area contributed by atoms with Crippen LogP contribution in [0.5, 0.6) is 0 Å². The Morgan fingerprint density at radius 1 is 1.53 bits per heavy atom. The summed E-state index contributed by atoms with van der Waals surface area (Å²) in [5, 5.41) is 2.15. The maximum atomic E-state index is 6.27. The van der Waals surface area contributed by atoms with Gasteiger partial charge in [0.1, 0.15) is 0 Å². The van der Waals surface area contributed by atoms with Crippen LogP contribution in [0.3, 0.4) is 0 Å². The normalized spacial score (nSPS) is 25.4. The number of nitrogens with zero attached hydrogens (tertiary/aromatic N) is 2. The topological polar surface area (TPSA) is 32.5 Å². The molecule has 1 aromatic heterocycles. The van der Waals surface area contributed by atoms with E-state index in [4.69, 9.17) is 5.73 Å². The molecule has 0 aliphatic carbocycles. The predicted octanol–water partition coefficient (Wildman–Crippen LogP) is 2.92. The molecule has 0 amide bonds. The summed E-state index contributed by atoms with van der Waals surface area (Å²) in [6.45, 7) is 7.75. The van der Waals surface area contributed by atoms with Gasteiger partial charge in [0, 0.05) is 46.4 Å². The van der Waals surface area contributed by atoms with E-state index in [1.54, 1.807) is 0 Å². The number of nitrogens with two attached hydrogens (primary N) is 1. The van der Waals surface area contributed by atoms with Crippen molar-refractivity contribution in [2.75, 3.05) is 26.7 Å². The Morgan fingerprint density at radius 2 is 2.26 bits per heavy atom. The molecule has 1 aliphatic heterocycles. The Balaban J connectivity index is 2.16. The Hall–Kier alpha value is 0.0600. The average molecular weight is 346 g/mol. The van der Waals surface area contributed by atoms with Crippen LogP contribution in [0.15, 0.2) is 15.9 Å². The molecule has 2 N–H and O–H groups in total. The summed E-state index contributed by atoms with van der Waals surface area (Å²) >= 11 is 5.36. The van der Waals surface area contributed by atoms with Gasteiger partial charge in [-0.25, -0.2) is 0 Å². The highest BCUT2D eigenvalue weighted by atomic mass is 79.9. The quantitative estimate of drug-likeness (QED) is 0.910. The van der Waals surface area contributed by atoms with Crippen LogP contribution >= 0.6 is 27.3 Å². The predicted molar refractivity (Wildman–Crippen MR) is 86.7 cm³/mol. The van der Waals surface area contributed by atoms with Crippen LogP contribution in [-0.4, -0.2) is 48.6 Å². The van der Waals surface area contributed by atoms with Crippen LogP contribution < -0.4 is 5.73 Å². The van der Waals surface area contributed by atoms with E-state index in [0.29, 0.717) is 12.1 Å². The van der Waals surface area contributed by atoms with Crippen molar-refractivity contribution >= 4 is 27.3 Å². The molecule has 1 aliphatic rings. The van der Waals surface area contributed by atoms with Gasteiger partial charge in [0.05, 0.1) is 6.04 Å². The molecule has 0 radical (unpaired) electrons. The highest BCUT2D eigenvalue weighted by Gasteiger charge is 2.31. The van der Waals surface area contributed by atoms with Crippen molar-refractivity contribution in [3.8, 4) is 0 Å². The Labute approximate surface area is 128 Å². The van der Waals surface area contributed by atoms with E-state index in [-0.39, 0.29) is 6.04 Å². The molecule has 5 heteroatoms. The molecule has 0 saturated carbocycles. The summed E-state index contributed by atoms with van der Waals surface area (Å²) in [5.74, 6) is 0. The third-order valence-corrected chi connectivity index (χ3v) is 5.81. The van der Waals surface area contributed by atoms with Gasteiger partial charge in [-0.15, -0.1) is 11.3 Å². The van der Waals surface area contributed by atoms with Crippen LogP contribution in [0.1, 0.15) is 31.2 Å².